The van der Waals surface area contributed by atoms with Crippen molar-refractivity contribution in [3.8, 4) is 5.88 Å². The smallest absolute Gasteiger partial charge is 0.218 e. The zero-order chi connectivity index (χ0) is 14.7. The summed E-state index contributed by atoms with van der Waals surface area (Å²) in [6, 6.07) is 12.4. The van der Waals surface area contributed by atoms with Crippen molar-refractivity contribution in [2.24, 2.45) is 0 Å². The van der Waals surface area contributed by atoms with Crippen LogP contribution in [0, 0.1) is 0 Å². The van der Waals surface area contributed by atoms with Crippen molar-refractivity contribution in [3.05, 3.63) is 47.8 Å². The van der Waals surface area contributed by atoms with Gasteiger partial charge in [-0.05, 0) is 32.3 Å². The van der Waals surface area contributed by atoms with Gasteiger partial charge in [0.05, 0.1) is 6.61 Å². The molecule has 0 bridgehead atoms. The highest BCUT2D eigenvalue weighted by Crippen LogP contribution is 2.39. The highest BCUT2D eigenvalue weighted by molar-refractivity contribution is 5.42. The number of rotatable bonds is 6. The Kier molecular flexibility index (Phi) is 4.04. The van der Waals surface area contributed by atoms with Gasteiger partial charge in [-0.15, -0.1) is 0 Å². The highest BCUT2D eigenvalue weighted by atomic mass is 16.5. The Hall–Kier alpha value is -2.10. The lowest BCUT2D eigenvalue weighted by Gasteiger charge is -2.16. The molecule has 4 nitrogen and oxygen atoms in total. The number of nitrogens with zero attached hydrogens (tertiary/aromatic N) is 2. The molecule has 1 aromatic heterocycles. The summed E-state index contributed by atoms with van der Waals surface area (Å²) in [5.74, 6) is 2.92. The van der Waals surface area contributed by atoms with Crippen molar-refractivity contribution in [2.45, 2.75) is 38.6 Å². The van der Waals surface area contributed by atoms with Gasteiger partial charge in [0.25, 0.3) is 0 Å². The first kappa shape index (κ1) is 13.9. The van der Waals surface area contributed by atoms with E-state index in [1.54, 1.807) is 0 Å². The molecule has 0 amide bonds. The number of benzene rings is 1. The number of hydrogen-bond donors (Lipinski definition) is 1. The molecule has 4 heteroatoms. The van der Waals surface area contributed by atoms with E-state index >= 15 is 0 Å². The summed E-state index contributed by atoms with van der Waals surface area (Å²) in [5, 5.41) is 3.45. The quantitative estimate of drug-likeness (QED) is 0.872. The van der Waals surface area contributed by atoms with Crippen LogP contribution in [0.15, 0.2) is 36.4 Å². The van der Waals surface area contributed by atoms with Gasteiger partial charge in [-0.2, -0.15) is 4.98 Å². The van der Waals surface area contributed by atoms with Crippen LogP contribution in [0.2, 0.25) is 0 Å². The Morgan fingerprint density at radius 3 is 2.67 bits per heavy atom. The van der Waals surface area contributed by atoms with Crippen LogP contribution in [0.3, 0.4) is 0 Å². The molecule has 1 aromatic carbocycles. The molecule has 110 valence electrons. The first-order valence-electron chi connectivity index (χ1n) is 7.59. The normalized spacial score (nSPS) is 15.5. The third-order valence-electron chi connectivity index (χ3n) is 3.62. The van der Waals surface area contributed by atoms with Gasteiger partial charge in [0, 0.05) is 18.0 Å². The maximum atomic E-state index is 5.56. The Labute approximate surface area is 125 Å². The van der Waals surface area contributed by atoms with Gasteiger partial charge in [0.2, 0.25) is 5.88 Å². The molecule has 1 fully saturated rings. The van der Waals surface area contributed by atoms with Crippen LogP contribution in [0.25, 0.3) is 0 Å². The average Bonchev–Trinajstić information content (AvgIpc) is 3.33. The first-order valence-corrected chi connectivity index (χ1v) is 7.59. The van der Waals surface area contributed by atoms with E-state index in [0.29, 0.717) is 18.4 Å². The molecule has 1 aliphatic rings. The van der Waals surface area contributed by atoms with Crippen LogP contribution >= 0.6 is 0 Å². The van der Waals surface area contributed by atoms with Gasteiger partial charge in [-0.25, -0.2) is 4.98 Å². The molecule has 0 spiro atoms. The maximum absolute atomic E-state index is 5.56. The van der Waals surface area contributed by atoms with E-state index in [9.17, 15) is 0 Å². The van der Waals surface area contributed by atoms with Crippen LogP contribution in [0.5, 0.6) is 5.88 Å². The zero-order valence-electron chi connectivity index (χ0n) is 12.5. The lowest BCUT2D eigenvalue weighted by molar-refractivity contribution is 0.325. The average molecular weight is 283 g/mol. The molecule has 0 saturated heterocycles. The van der Waals surface area contributed by atoms with Gasteiger partial charge in [-0.1, -0.05) is 30.3 Å². The van der Waals surface area contributed by atoms with E-state index in [1.165, 1.54) is 18.4 Å². The third-order valence-corrected chi connectivity index (χ3v) is 3.62. The summed E-state index contributed by atoms with van der Waals surface area (Å²) in [5.41, 5.74) is 1.24. The predicted octanol–water partition coefficient (Wildman–Crippen LogP) is 3.93. The number of anilines is 1. The molecule has 0 radical (unpaired) electrons. The Morgan fingerprint density at radius 1 is 1.24 bits per heavy atom. The number of nitrogens with one attached hydrogen (secondary N) is 1. The zero-order valence-corrected chi connectivity index (χ0v) is 12.5. The van der Waals surface area contributed by atoms with E-state index < -0.39 is 0 Å². The topological polar surface area (TPSA) is 47.0 Å². The summed E-state index contributed by atoms with van der Waals surface area (Å²) in [6.07, 6.45) is 2.37. The molecule has 1 aliphatic carbocycles. The van der Waals surface area contributed by atoms with Crippen LogP contribution in [-0.4, -0.2) is 16.6 Å². The second-order valence-corrected chi connectivity index (χ2v) is 5.43. The van der Waals surface area contributed by atoms with E-state index in [2.05, 4.69) is 46.5 Å². The van der Waals surface area contributed by atoms with E-state index in [0.717, 1.165) is 11.6 Å². The van der Waals surface area contributed by atoms with Gasteiger partial charge in [-0.3, -0.25) is 0 Å². The number of ether oxygens (including phenoxy) is 1. The van der Waals surface area contributed by atoms with Crippen LogP contribution in [0.4, 0.5) is 5.82 Å². The van der Waals surface area contributed by atoms with Crippen LogP contribution in [0.1, 0.15) is 50.0 Å². The molecule has 1 heterocycles. The lowest BCUT2D eigenvalue weighted by Crippen LogP contribution is -2.10. The van der Waals surface area contributed by atoms with Gasteiger partial charge in [0.1, 0.15) is 11.6 Å². The second kappa shape index (κ2) is 6.12. The van der Waals surface area contributed by atoms with Crippen molar-refractivity contribution in [1.29, 1.82) is 0 Å². The first-order chi connectivity index (χ1) is 10.3. The fraction of sp³-hybridized carbons (Fsp3) is 0.412. The second-order valence-electron chi connectivity index (χ2n) is 5.43. The van der Waals surface area contributed by atoms with Crippen LogP contribution in [-0.2, 0) is 0 Å². The maximum Gasteiger partial charge on any atom is 0.218 e. The standard InChI is InChI=1S/C17H21N3O/c1-3-21-16-11-15(19-17(20-16)14-9-10-14)18-12(2)13-7-5-4-6-8-13/h4-8,11-12,14H,3,9-10H2,1-2H3,(H,18,19,20). The summed E-state index contributed by atoms with van der Waals surface area (Å²) in [4.78, 5) is 9.13. The molecule has 1 unspecified atom stereocenters. The van der Waals surface area contributed by atoms with Crippen molar-refractivity contribution in [1.82, 2.24) is 9.97 Å². The molecule has 21 heavy (non-hydrogen) atoms. The number of aromatic nitrogens is 2. The molecular weight excluding hydrogens is 262 g/mol. The minimum Gasteiger partial charge on any atom is -0.478 e. The number of hydrogen-bond acceptors (Lipinski definition) is 4. The van der Waals surface area contributed by atoms with Gasteiger partial charge in [0.15, 0.2) is 0 Å². The van der Waals surface area contributed by atoms with E-state index in [-0.39, 0.29) is 6.04 Å². The molecular formula is C17H21N3O. The summed E-state index contributed by atoms with van der Waals surface area (Å²) in [7, 11) is 0. The van der Waals surface area contributed by atoms with Crippen molar-refractivity contribution < 1.29 is 4.74 Å². The monoisotopic (exact) mass is 283 g/mol. The molecule has 3 rings (SSSR count). The molecule has 0 aliphatic heterocycles. The van der Waals surface area contributed by atoms with Crippen molar-refractivity contribution >= 4 is 5.82 Å². The third kappa shape index (κ3) is 3.51. The van der Waals surface area contributed by atoms with Crippen LogP contribution < -0.4 is 10.1 Å². The van der Waals surface area contributed by atoms with Gasteiger partial charge < -0.3 is 10.1 Å². The highest BCUT2D eigenvalue weighted by Gasteiger charge is 2.27. The van der Waals surface area contributed by atoms with Gasteiger partial charge >= 0.3 is 0 Å². The fourth-order valence-corrected chi connectivity index (χ4v) is 2.31. The minimum atomic E-state index is 0.197. The Balaban J connectivity index is 1.80. The largest absolute Gasteiger partial charge is 0.478 e. The van der Waals surface area contributed by atoms with E-state index in [1.807, 2.05) is 19.1 Å². The predicted molar refractivity (Wildman–Crippen MR) is 83.7 cm³/mol. The summed E-state index contributed by atoms with van der Waals surface area (Å²) in [6.45, 7) is 4.72. The Morgan fingerprint density at radius 2 is 2.00 bits per heavy atom. The Bertz CT molecular complexity index is 596. The molecule has 1 atom stereocenters. The summed E-state index contributed by atoms with van der Waals surface area (Å²) >= 11 is 0. The molecule has 1 N–H and O–H groups in total. The van der Waals surface area contributed by atoms with Crippen molar-refractivity contribution in [3.63, 3.8) is 0 Å². The van der Waals surface area contributed by atoms with Crippen molar-refractivity contribution in [2.75, 3.05) is 11.9 Å². The fourth-order valence-electron chi connectivity index (χ4n) is 2.31. The van der Waals surface area contributed by atoms with E-state index in [4.69, 9.17) is 4.74 Å². The minimum absolute atomic E-state index is 0.197. The SMILES string of the molecule is CCOc1cc(NC(C)c2ccccc2)nc(C2CC2)n1. The lowest BCUT2D eigenvalue weighted by atomic mass is 10.1. The molecule has 1 saturated carbocycles. The molecule has 2 aromatic rings. The summed E-state index contributed by atoms with van der Waals surface area (Å²) < 4.78 is 5.56.